The fraction of sp³-hybridized carbons (Fsp3) is 0.455. The molecule has 11 heteroatoms. The van der Waals surface area contributed by atoms with Crippen LogP contribution in [0.2, 0.25) is 4.34 Å². The molecule has 0 aromatic carbocycles. The van der Waals surface area contributed by atoms with Gasteiger partial charge in [-0.25, -0.2) is 15.0 Å². The highest BCUT2D eigenvalue weighted by Crippen LogP contribution is 2.95. The van der Waals surface area contributed by atoms with Crippen LogP contribution in [0.5, 0.6) is 0 Å². The van der Waals surface area contributed by atoms with Crippen molar-refractivity contribution in [2.24, 2.45) is 17.3 Å². The summed E-state index contributed by atoms with van der Waals surface area (Å²) in [7, 11) is 1.55. The molecule has 0 spiro atoms. The maximum atomic E-state index is 12.5. The summed E-state index contributed by atoms with van der Waals surface area (Å²) in [4.78, 5) is 27.0. The van der Waals surface area contributed by atoms with Crippen LogP contribution in [0.25, 0.3) is 11.2 Å². The van der Waals surface area contributed by atoms with Crippen molar-refractivity contribution in [3.05, 3.63) is 33.5 Å². The van der Waals surface area contributed by atoms with Gasteiger partial charge in [-0.2, -0.15) is 0 Å². The molecule has 4 fully saturated rings. The number of fused-ring (bicyclic) bond motifs is 2. The molecular formula is C22H21ClN6O3S. The van der Waals surface area contributed by atoms with E-state index in [0.717, 1.165) is 4.88 Å². The Morgan fingerprint density at radius 1 is 1.33 bits per heavy atom. The molecule has 1 amide bonds. The number of nitrogens with one attached hydrogen (secondary N) is 2. The first-order chi connectivity index (χ1) is 15.7. The number of carbonyl (C=O) groups is 1. The van der Waals surface area contributed by atoms with E-state index in [4.69, 9.17) is 11.6 Å². The van der Waals surface area contributed by atoms with Crippen LogP contribution in [0.3, 0.4) is 0 Å². The summed E-state index contributed by atoms with van der Waals surface area (Å²) in [5.41, 5.74) is -1.28. The number of amides is 1. The molecule has 9 nitrogen and oxygen atoms in total. The van der Waals surface area contributed by atoms with Gasteiger partial charge in [-0.3, -0.25) is 4.79 Å². The van der Waals surface area contributed by atoms with E-state index < -0.39 is 23.2 Å². The molecule has 2 bridgehead atoms. The van der Waals surface area contributed by atoms with Crippen LogP contribution in [0.4, 0.5) is 5.82 Å². The second-order valence-corrected chi connectivity index (χ2v) is 10.8. The lowest BCUT2D eigenvalue weighted by atomic mass is 10.0. The van der Waals surface area contributed by atoms with Crippen LogP contribution in [0.1, 0.15) is 30.6 Å². The summed E-state index contributed by atoms with van der Waals surface area (Å²) >= 11 is 7.36. The van der Waals surface area contributed by atoms with E-state index in [1.807, 2.05) is 19.9 Å². The van der Waals surface area contributed by atoms with E-state index in [0.29, 0.717) is 27.1 Å². The number of rotatable bonds is 4. The van der Waals surface area contributed by atoms with Gasteiger partial charge in [0.05, 0.1) is 27.0 Å². The summed E-state index contributed by atoms with van der Waals surface area (Å²) in [5.74, 6) is 6.20. The third-order valence-corrected chi connectivity index (χ3v) is 8.25. The first-order valence-corrected chi connectivity index (χ1v) is 11.9. The highest BCUT2D eigenvalue weighted by Gasteiger charge is 3.07. The molecule has 4 aliphatic carbocycles. The quantitative estimate of drug-likeness (QED) is 0.412. The summed E-state index contributed by atoms with van der Waals surface area (Å²) in [5, 5.41) is 27.9. The highest BCUT2D eigenvalue weighted by molar-refractivity contribution is 7.16. The van der Waals surface area contributed by atoms with E-state index in [1.54, 1.807) is 24.0 Å². The predicted molar refractivity (Wildman–Crippen MR) is 123 cm³/mol. The molecule has 3 aromatic rings. The van der Waals surface area contributed by atoms with Crippen LogP contribution in [-0.2, 0) is 4.79 Å². The van der Waals surface area contributed by atoms with E-state index in [2.05, 4.69) is 37.4 Å². The number of aliphatic hydroxyl groups is 2. The molecular weight excluding hydrogens is 464 g/mol. The van der Waals surface area contributed by atoms with Gasteiger partial charge in [0.2, 0.25) is 11.7 Å². The molecule has 4 saturated carbocycles. The van der Waals surface area contributed by atoms with E-state index >= 15 is 0 Å². The average Bonchev–Trinajstić information content (AvgIpc) is 3.28. The third kappa shape index (κ3) is 2.51. The Balaban J connectivity index is 1.44. The number of hydrogen-bond acceptors (Lipinski definition) is 8. The van der Waals surface area contributed by atoms with Crippen LogP contribution in [0.15, 0.2) is 18.5 Å². The summed E-state index contributed by atoms with van der Waals surface area (Å²) in [6.07, 6.45) is 0.497. The van der Waals surface area contributed by atoms with Gasteiger partial charge in [-0.15, -0.1) is 11.3 Å². The molecule has 2 unspecified atom stereocenters. The molecule has 7 rings (SSSR count). The number of thiophene rings is 1. The largest absolute Gasteiger partial charge is 0.388 e. The van der Waals surface area contributed by atoms with Gasteiger partial charge in [0.1, 0.15) is 11.7 Å². The van der Waals surface area contributed by atoms with Gasteiger partial charge in [0.15, 0.2) is 17.0 Å². The van der Waals surface area contributed by atoms with Crippen molar-refractivity contribution in [1.29, 1.82) is 0 Å². The summed E-state index contributed by atoms with van der Waals surface area (Å²) < 4.78 is 2.41. The second-order valence-electron chi connectivity index (χ2n) is 9.09. The summed E-state index contributed by atoms with van der Waals surface area (Å²) in [6.45, 7) is 3.98. The van der Waals surface area contributed by atoms with Crippen molar-refractivity contribution in [3.8, 4) is 11.8 Å². The molecule has 0 aliphatic heterocycles. The number of aliphatic hydroxyl groups excluding tert-OH is 1. The lowest BCUT2D eigenvalue weighted by Crippen LogP contribution is -2.38. The topological polar surface area (TPSA) is 125 Å². The number of nitrogens with zero attached hydrogens (tertiary/aromatic N) is 4. The van der Waals surface area contributed by atoms with Gasteiger partial charge in [0, 0.05) is 24.9 Å². The molecule has 6 atom stereocenters. The standard InChI is InChI=1S/C22H21ClN6O3S/c1-9(2)26-18-14-19(28-12(27-18)7-5-10-4-6-11(23)33-10)29(8-25-14)15-13-16-21(13,20(31)24-3)22(16,32)17(15)30/h4,6,8-9,13,15-17,30,32H,1-3H3,(H,24,31)(H,26,27,28)/t13?,15-,16+,17+,21?,22-/m1/s1. The monoisotopic (exact) mass is 484 g/mol. The zero-order valence-electron chi connectivity index (χ0n) is 18.0. The molecule has 3 aromatic heterocycles. The van der Waals surface area contributed by atoms with E-state index in [9.17, 15) is 15.0 Å². The fourth-order valence-corrected chi connectivity index (χ4v) is 6.71. The Morgan fingerprint density at radius 3 is 2.76 bits per heavy atom. The number of carbonyl (C=O) groups excluding carboxylic acids is 1. The van der Waals surface area contributed by atoms with Crippen molar-refractivity contribution in [1.82, 2.24) is 24.8 Å². The normalized spacial score (nSPS) is 32.9. The SMILES string of the molecule is CNC(=O)C12C3[C@@H](n4cnc5c(NC(C)C)nc(C#Cc6ccc(Cl)s6)nc54)[C@H](O)[C@]1(O)[C@@H]32. The molecule has 170 valence electrons. The van der Waals surface area contributed by atoms with Crippen LogP contribution < -0.4 is 10.6 Å². The molecule has 4 N–H and O–H groups in total. The van der Waals surface area contributed by atoms with Crippen LogP contribution >= 0.6 is 22.9 Å². The number of imidazole rings is 1. The number of aromatic nitrogens is 4. The van der Waals surface area contributed by atoms with Gasteiger partial charge in [-0.05, 0) is 37.8 Å². The Labute approximate surface area is 198 Å². The van der Waals surface area contributed by atoms with Gasteiger partial charge < -0.3 is 25.4 Å². The minimum Gasteiger partial charge on any atom is -0.388 e. The Bertz CT molecular complexity index is 1390. The van der Waals surface area contributed by atoms with Crippen LogP contribution in [0, 0.1) is 29.1 Å². The minimum absolute atomic E-state index is 0.0942. The predicted octanol–water partition coefficient (Wildman–Crippen LogP) is 1.40. The number of anilines is 1. The zero-order chi connectivity index (χ0) is 23.3. The Kier molecular flexibility index (Phi) is 4.22. The first kappa shape index (κ1) is 20.9. The Hall–Kier alpha value is -2.71. The van der Waals surface area contributed by atoms with Crippen molar-refractivity contribution < 1.29 is 15.0 Å². The molecule has 0 saturated heterocycles. The van der Waals surface area contributed by atoms with E-state index in [1.165, 1.54) is 11.3 Å². The highest BCUT2D eigenvalue weighted by atomic mass is 35.5. The minimum atomic E-state index is -1.40. The lowest BCUT2D eigenvalue weighted by Gasteiger charge is -2.18. The third-order valence-electron chi connectivity index (χ3n) is 7.10. The molecule has 33 heavy (non-hydrogen) atoms. The van der Waals surface area contributed by atoms with Gasteiger partial charge in [-0.1, -0.05) is 11.6 Å². The fourth-order valence-electron chi connectivity index (χ4n) is 5.82. The van der Waals surface area contributed by atoms with Crippen LogP contribution in [-0.4, -0.2) is 60.4 Å². The maximum absolute atomic E-state index is 12.5. The smallest absolute Gasteiger partial charge is 0.229 e. The number of hydrogen-bond donors (Lipinski definition) is 4. The average molecular weight is 485 g/mol. The molecule has 0 radical (unpaired) electrons. The summed E-state index contributed by atoms with van der Waals surface area (Å²) in [6, 6.07) is 3.20. The van der Waals surface area contributed by atoms with Crippen molar-refractivity contribution >= 4 is 45.8 Å². The first-order valence-electron chi connectivity index (χ1n) is 10.7. The van der Waals surface area contributed by atoms with Crippen molar-refractivity contribution in [3.63, 3.8) is 0 Å². The zero-order valence-corrected chi connectivity index (χ0v) is 19.6. The second kappa shape index (κ2) is 6.67. The van der Waals surface area contributed by atoms with E-state index in [-0.39, 0.29) is 23.8 Å². The lowest BCUT2D eigenvalue weighted by molar-refractivity contribution is -0.128. The van der Waals surface area contributed by atoms with Crippen molar-refractivity contribution in [2.45, 2.75) is 37.6 Å². The molecule has 3 heterocycles. The maximum Gasteiger partial charge on any atom is 0.229 e. The van der Waals surface area contributed by atoms with Crippen molar-refractivity contribution in [2.75, 3.05) is 12.4 Å². The van der Waals surface area contributed by atoms with Gasteiger partial charge in [0.25, 0.3) is 0 Å². The Morgan fingerprint density at radius 2 is 2.12 bits per heavy atom. The van der Waals surface area contributed by atoms with Gasteiger partial charge >= 0.3 is 0 Å². The molecule has 4 aliphatic rings. The number of halogens is 1.